The van der Waals surface area contributed by atoms with Crippen LogP contribution in [0, 0.1) is 10.1 Å². The van der Waals surface area contributed by atoms with Gasteiger partial charge in [0.25, 0.3) is 0 Å². The first-order chi connectivity index (χ1) is 6.75. The van der Waals surface area contributed by atoms with E-state index in [-0.39, 0.29) is 5.95 Å². The van der Waals surface area contributed by atoms with Gasteiger partial charge in [-0.25, -0.2) is 4.57 Å². The van der Waals surface area contributed by atoms with E-state index in [9.17, 15) is 10.1 Å². The SMILES string of the molecule is O=[N+]([O-])c1nccn1CCCCCBr. The van der Waals surface area contributed by atoms with Crippen LogP contribution in [0.15, 0.2) is 12.4 Å². The Morgan fingerprint density at radius 3 is 2.93 bits per heavy atom. The van der Waals surface area contributed by atoms with Crippen molar-refractivity contribution in [3.05, 3.63) is 22.5 Å². The van der Waals surface area contributed by atoms with Crippen molar-refractivity contribution in [2.75, 3.05) is 5.33 Å². The second-order valence-corrected chi connectivity index (χ2v) is 3.72. The van der Waals surface area contributed by atoms with Crippen LogP contribution in [0.5, 0.6) is 0 Å². The predicted molar refractivity (Wildman–Crippen MR) is 56.5 cm³/mol. The minimum absolute atomic E-state index is 0.0659. The van der Waals surface area contributed by atoms with E-state index in [0.717, 1.165) is 24.6 Å². The molecule has 0 fully saturated rings. The van der Waals surface area contributed by atoms with Crippen LogP contribution in [0.1, 0.15) is 19.3 Å². The van der Waals surface area contributed by atoms with Gasteiger partial charge < -0.3 is 10.1 Å². The Labute approximate surface area is 90.4 Å². The second-order valence-electron chi connectivity index (χ2n) is 2.93. The van der Waals surface area contributed by atoms with Crippen LogP contribution in [0.25, 0.3) is 0 Å². The topological polar surface area (TPSA) is 61.0 Å². The van der Waals surface area contributed by atoms with Gasteiger partial charge >= 0.3 is 5.95 Å². The highest BCUT2D eigenvalue weighted by Crippen LogP contribution is 2.09. The first-order valence-electron chi connectivity index (χ1n) is 4.47. The van der Waals surface area contributed by atoms with E-state index < -0.39 is 4.92 Å². The van der Waals surface area contributed by atoms with Crippen LogP contribution in [0.2, 0.25) is 0 Å². The molecule has 0 unspecified atom stereocenters. The number of hydrogen-bond donors (Lipinski definition) is 0. The molecule has 14 heavy (non-hydrogen) atoms. The highest BCUT2D eigenvalue weighted by Gasteiger charge is 2.12. The van der Waals surface area contributed by atoms with Gasteiger partial charge in [-0.1, -0.05) is 20.9 Å². The third kappa shape index (κ3) is 3.10. The van der Waals surface area contributed by atoms with Crippen molar-refractivity contribution in [2.24, 2.45) is 0 Å². The van der Waals surface area contributed by atoms with E-state index in [1.807, 2.05) is 0 Å². The van der Waals surface area contributed by atoms with Crippen LogP contribution in [0.3, 0.4) is 0 Å². The standard InChI is InChI=1S/C8H12BrN3O2/c9-4-2-1-3-6-11-7-5-10-8(11)12(13)14/h5,7H,1-4,6H2. The molecular formula is C8H12BrN3O2. The summed E-state index contributed by atoms with van der Waals surface area (Å²) in [6.45, 7) is 0.670. The van der Waals surface area contributed by atoms with Crippen LogP contribution in [-0.4, -0.2) is 19.8 Å². The molecule has 0 atom stereocenters. The van der Waals surface area contributed by atoms with Crippen molar-refractivity contribution in [2.45, 2.75) is 25.8 Å². The van der Waals surface area contributed by atoms with Gasteiger partial charge in [0.1, 0.15) is 12.4 Å². The van der Waals surface area contributed by atoms with E-state index in [0.29, 0.717) is 6.54 Å². The quantitative estimate of drug-likeness (QED) is 0.342. The summed E-state index contributed by atoms with van der Waals surface area (Å²) < 4.78 is 1.58. The minimum atomic E-state index is -0.454. The molecule has 0 saturated heterocycles. The summed E-state index contributed by atoms with van der Waals surface area (Å²) in [4.78, 5) is 13.7. The van der Waals surface area contributed by atoms with Gasteiger partial charge in [0.15, 0.2) is 0 Å². The summed E-state index contributed by atoms with van der Waals surface area (Å²) in [5.74, 6) is -0.0659. The van der Waals surface area contributed by atoms with Gasteiger partial charge in [-0.3, -0.25) is 0 Å². The van der Waals surface area contributed by atoms with Crippen LogP contribution in [-0.2, 0) is 6.54 Å². The lowest BCUT2D eigenvalue weighted by atomic mass is 10.2. The van der Waals surface area contributed by atoms with E-state index in [2.05, 4.69) is 20.9 Å². The molecule has 78 valence electrons. The summed E-state index contributed by atoms with van der Waals surface area (Å²) in [6, 6.07) is 0. The summed E-state index contributed by atoms with van der Waals surface area (Å²) in [7, 11) is 0. The number of hydrogen-bond acceptors (Lipinski definition) is 3. The predicted octanol–water partition coefficient (Wildman–Crippen LogP) is 2.36. The number of halogens is 1. The van der Waals surface area contributed by atoms with Crippen molar-refractivity contribution in [3.8, 4) is 0 Å². The zero-order chi connectivity index (χ0) is 10.4. The Hall–Kier alpha value is -0.910. The van der Waals surface area contributed by atoms with Gasteiger partial charge in [0, 0.05) is 5.33 Å². The summed E-state index contributed by atoms with van der Waals surface area (Å²) in [5, 5.41) is 11.5. The Morgan fingerprint density at radius 2 is 2.29 bits per heavy atom. The van der Waals surface area contributed by atoms with Gasteiger partial charge in [0.05, 0.1) is 6.54 Å². The van der Waals surface area contributed by atoms with Crippen molar-refractivity contribution < 1.29 is 4.92 Å². The number of alkyl halides is 1. The number of rotatable bonds is 6. The zero-order valence-corrected chi connectivity index (χ0v) is 9.31. The third-order valence-electron chi connectivity index (χ3n) is 1.89. The molecule has 1 heterocycles. The molecule has 5 nitrogen and oxygen atoms in total. The maximum absolute atomic E-state index is 10.5. The zero-order valence-electron chi connectivity index (χ0n) is 7.73. The van der Waals surface area contributed by atoms with Crippen molar-refractivity contribution in [3.63, 3.8) is 0 Å². The van der Waals surface area contributed by atoms with Gasteiger partial charge in [-0.2, -0.15) is 0 Å². The van der Waals surface area contributed by atoms with Gasteiger partial charge in [0.2, 0.25) is 0 Å². The summed E-state index contributed by atoms with van der Waals surface area (Å²) in [5.41, 5.74) is 0. The monoisotopic (exact) mass is 261 g/mol. The van der Waals surface area contributed by atoms with Crippen LogP contribution < -0.4 is 0 Å². The number of nitro groups is 1. The lowest BCUT2D eigenvalue weighted by Crippen LogP contribution is -2.02. The normalized spacial score (nSPS) is 10.4. The average molecular weight is 262 g/mol. The third-order valence-corrected chi connectivity index (χ3v) is 2.45. The van der Waals surface area contributed by atoms with Gasteiger partial charge in [-0.05, 0) is 24.2 Å². The number of unbranched alkanes of at least 4 members (excludes halogenated alkanes) is 2. The molecule has 0 aromatic carbocycles. The Balaban J connectivity index is 2.42. The average Bonchev–Trinajstić information content (AvgIpc) is 2.60. The van der Waals surface area contributed by atoms with Crippen molar-refractivity contribution in [1.29, 1.82) is 0 Å². The minimum Gasteiger partial charge on any atom is -0.390 e. The molecule has 0 saturated carbocycles. The number of nitrogens with zero attached hydrogens (tertiary/aromatic N) is 3. The lowest BCUT2D eigenvalue weighted by Gasteiger charge is -2.00. The van der Waals surface area contributed by atoms with E-state index in [1.54, 1.807) is 10.8 Å². The first kappa shape index (κ1) is 11.2. The number of aromatic nitrogens is 2. The molecule has 1 aromatic heterocycles. The second kappa shape index (κ2) is 5.74. The molecule has 0 radical (unpaired) electrons. The molecule has 0 aliphatic carbocycles. The summed E-state index contributed by atoms with van der Waals surface area (Å²) in [6.07, 6.45) is 6.22. The lowest BCUT2D eigenvalue weighted by molar-refractivity contribution is -0.396. The molecule has 0 bridgehead atoms. The fourth-order valence-corrected chi connectivity index (χ4v) is 1.60. The fraction of sp³-hybridized carbons (Fsp3) is 0.625. The highest BCUT2D eigenvalue weighted by atomic mass is 79.9. The van der Waals surface area contributed by atoms with Crippen LogP contribution >= 0.6 is 15.9 Å². The first-order valence-corrected chi connectivity index (χ1v) is 5.59. The number of imidazole rings is 1. The maximum atomic E-state index is 10.5. The summed E-state index contributed by atoms with van der Waals surface area (Å²) >= 11 is 3.34. The molecule has 1 aromatic rings. The van der Waals surface area contributed by atoms with Crippen LogP contribution in [0.4, 0.5) is 5.95 Å². The molecule has 0 aliphatic heterocycles. The Morgan fingerprint density at radius 1 is 1.50 bits per heavy atom. The number of aryl methyl sites for hydroxylation is 1. The molecule has 0 N–H and O–H groups in total. The largest absolute Gasteiger partial charge is 0.434 e. The Bertz CT molecular complexity index is 301. The van der Waals surface area contributed by atoms with Gasteiger partial charge in [-0.15, -0.1) is 0 Å². The van der Waals surface area contributed by atoms with Crippen molar-refractivity contribution >= 4 is 21.9 Å². The maximum Gasteiger partial charge on any atom is 0.434 e. The Kier molecular flexibility index (Phi) is 4.58. The molecule has 6 heteroatoms. The van der Waals surface area contributed by atoms with E-state index in [1.165, 1.54) is 6.20 Å². The van der Waals surface area contributed by atoms with E-state index >= 15 is 0 Å². The smallest absolute Gasteiger partial charge is 0.390 e. The van der Waals surface area contributed by atoms with Crippen molar-refractivity contribution in [1.82, 2.24) is 9.55 Å². The molecule has 0 aliphatic rings. The molecule has 0 amide bonds. The fourth-order valence-electron chi connectivity index (χ4n) is 1.20. The van der Waals surface area contributed by atoms with E-state index in [4.69, 9.17) is 0 Å². The highest BCUT2D eigenvalue weighted by molar-refractivity contribution is 9.09. The molecular weight excluding hydrogens is 250 g/mol. The molecule has 0 spiro atoms. The molecule has 1 rings (SSSR count).